The van der Waals surface area contributed by atoms with Gasteiger partial charge in [-0.3, -0.25) is 4.79 Å². The Bertz CT molecular complexity index is 935. The molecule has 0 bridgehead atoms. The van der Waals surface area contributed by atoms with Crippen molar-refractivity contribution in [1.82, 2.24) is 0 Å². The Morgan fingerprint density at radius 3 is 2.32 bits per heavy atom. The first-order chi connectivity index (χ1) is 12.1. The van der Waals surface area contributed by atoms with Gasteiger partial charge in [0.25, 0.3) is 5.91 Å². The van der Waals surface area contributed by atoms with Crippen molar-refractivity contribution >= 4 is 22.2 Å². The summed E-state index contributed by atoms with van der Waals surface area (Å²) in [5.41, 5.74) is 4.47. The Balaban J connectivity index is 1.73. The van der Waals surface area contributed by atoms with Gasteiger partial charge in [0.1, 0.15) is 11.1 Å². The van der Waals surface area contributed by atoms with E-state index in [1.165, 1.54) is 16.9 Å². The van der Waals surface area contributed by atoms with Crippen molar-refractivity contribution in [1.29, 1.82) is 5.26 Å². The lowest BCUT2D eigenvalue weighted by Gasteiger charge is -2.06. The van der Waals surface area contributed by atoms with Gasteiger partial charge in [0.15, 0.2) is 0 Å². The highest BCUT2D eigenvalue weighted by Crippen LogP contribution is 2.31. The number of carbonyl (C=O) groups excluding carboxylic acids is 1. The number of amides is 1. The Hall–Kier alpha value is -2.90. The molecule has 124 valence electrons. The second-order valence-electron chi connectivity index (χ2n) is 5.91. The van der Waals surface area contributed by atoms with Crippen LogP contribution in [0.15, 0.2) is 54.6 Å². The van der Waals surface area contributed by atoms with E-state index >= 15 is 0 Å². The van der Waals surface area contributed by atoms with Crippen LogP contribution in [0.2, 0.25) is 0 Å². The molecular formula is C21H18N2OS. The lowest BCUT2D eigenvalue weighted by molar-refractivity contribution is 0.102. The maximum Gasteiger partial charge on any atom is 0.256 e. The highest BCUT2D eigenvalue weighted by molar-refractivity contribution is 7.16. The fourth-order valence-corrected chi connectivity index (χ4v) is 3.64. The molecule has 0 radical (unpaired) electrons. The van der Waals surface area contributed by atoms with E-state index in [0.717, 1.165) is 22.4 Å². The molecule has 0 aliphatic heterocycles. The van der Waals surface area contributed by atoms with Gasteiger partial charge < -0.3 is 5.32 Å². The number of aryl methyl sites for hydroxylation is 1. The van der Waals surface area contributed by atoms with Crippen LogP contribution in [-0.2, 0) is 6.42 Å². The monoisotopic (exact) mass is 346 g/mol. The first-order valence-electron chi connectivity index (χ1n) is 8.03. The molecular weight excluding hydrogens is 328 g/mol. The van der Waals surface area contributed by atoms with Gasteiger partial charge in [0, 0.05) is 10.4 Å². The Morgan fingerprint density at radius 2 is 1.68 bits per heavy atom. The third kappa shape index (κ3) is 3.78. The van der Waals surface area contributed by atoms with E-state index in [-0.39, 0.29) is 5.91 Å². The maximum atomic E-state index is 12.5. The number of hydrogen-bond donors (Lipinski definition) is 1. The normalized spacial score (nSPS) is 10.3. The number of rotatable bonds is 4. The molecule has 4 heteroatoms. The lowest BCUT2D eigenvalue weighted by Crippen LogP contribution is -2.11. The third-order valence-electron chi connectivity index (χ3n) is 4.19. The van der Waals surface area contributed by atoms with Gasteiger partial charge in [0.05, 0.1) is 5.56 Å². The van der Waals surface area contributed by atoms with Gasteiger partial charge >= 0.3 is 0 Å². The van der Waals surface area contributed by atoms with E-state index in [9.17, 15) is 10.1 Å². The smallest absolute Gasteiger partial charge is 0.256 e. The molecule has 0 atom stereocenters. The second-order valence-corrected chi connectivity index (χ2v) is 7.14. The number of carbonyl (C=O) groups is 1. The zero-order chi connectivity index (χ0) is 17.8. The topological polar surface area (TPSA) is 52.9 Å². The average molecular weight is 346 g/mol. The molecule has 0 saturated heterocycles. The molecule has 0 aliphatic rings. The van der Waals surface area contributed by atoms with E-state index in [1.807, 2.05) is 56.3 Å². The molecule has 0 fully saturated rings. The number of nitriles is 1. The standard InChI is InChI=1S/C21H18N2OS/c1-14-15(2)25-21(19(14)13-22)23-20(24)18-10-8-17(9-11-18)12-16-6-4-3-5-7-16/h3-11H,12H2,1-2H3,(H,23,24). The Kier molecular flexibility index (Phi) is 4.97. The highest BCUT2D eigenvalue weighted by Gasteiger charge is 2.15. The van der Waals surface area contributed by atoms with Crippen molar-refractivity contribution in [2.75, 3.05) is 5.32 Å². The van der Waals surface area contributed by atoms with Gasteiger partial charge in [-0.15, -0.1) is 11.3 Å². The summed E-state index contributed by atoms with van der Waals surface area (Å²) >= 11 is 1.44. The number of nitrogens with one attached hydrogen (secondary N) is 1. The van der Waals surface area contributed by atoms with E-state index in [0.29, 0.717) is 16.1 Å². The van der Waals surface area contributed by atoms with Crippen molar-refractivity contribution in [3.8, 4) is 6.07 Å². The Morgan fingerprint density at radius 1 is 1.04 bits per heavy atom. The second kappa shape index (κ2) is 7.33. The van der Waals surface area contributed by atoms with Gasteiger partial charge in [-0.1, -0.05) is 42.5 Å². The average Bonchev–Trinajstić information content (AvgIpc) is 2.89. The summed E-state index contributed by atoms with van der Waals surface area (Å²) in [6.45, 7) is 3.85. The zero-order valence-electron chi connectivity index (χ0n) is 14.2. The van der Waals surface area contributed by atoms with Gasteiger partial charge in [-0.25, -0.2) is 0 Å². The summed E-state index contributed by atoms with van der Waals surface area (Å²) < 4.78 is 0. The van der Waals surface area contributed by atoms with Crippen molar-refractivity contribution in [3.63, 3.8) is 0 Å². The summed E-state index contributed by atoms with van der Waals surface area (Å²) in [5, 5.41) is 12.8. The minimum absolute atomic E-state index is 0.191. The first kappa shape index (κ1) is 16.9. The van der Waals surface area contributed by atoms with Crippen molar-refractivity contribution in [3.05, 3.63) is 87.3 Å². The van der Waals surface area contributed by atoms with Crippen LogP contribution in [0.5, 0.6) is 0 Å². The summed E-state index contributed by atoms with van der Waals surface area (Å²) in [6.07, 6.45) is 0.838. The maximum absolute atomic E-state index is 12.5. The molecule has 0 saturated carbocycles. The first-order valence-corrected chi connectivity index (χ1v) is 8.84. The van der Waals surface area contributed by atoms with E-state index < -0.39 is 0 Å². The van der Waals surface area contributed by atoms with Crippen LogP contribution < -0.4 is 5.32 Å². The number of anilines is 1. The molecule has 3 nitrogen and oxygen atoms in total. The largest absolute Gasteiger partial charge is 0.312 e. The molecule has 1 heterocycles. The predicted octanol–water partition coefficient (Wildman–Crippen LogP) is 5.08. The summed E-state index contributed by atoms with van der Waals surface area (Å²) in [6, 6.07) is 20.0. The van der Waals surface area contributed by atoms with Crippen LogP contribution >= 0.6 is 11.3 Å². The number of nitrogens with zero attached hydrogens (tertiary/aromatic N) is 1. The molecule has 2 aromatic carbocycles. The van der Waals surface area contributed by atoms with E-state index in [4.69, 9.17) is 0 Å². The molecule has 3 rings (SSSR count). The predicted molar refractivity (Wildman–Crippen MR) is 102 cm³/mol. The SMILES string of the molecule is Cc1sc(NC(=O)c2ccc(Cc3ccccc3)cc2)c(C#N)c1C. The number of thiophene rings is 1. The van der Waals surface area contributed by atoms with Crippen molar-refractivity contribution in [2.24, 2.45) is 0 Å². The third-order valence-corrected chi connectivity index (χ3v) is 5.31. The fourth-order valence-electron chi connectivity index (χ4n) is 2.63. The molecule has 0 unspecified atom stereocenters. The van der Waals surface area contributed by atoms with Crippen LogP contribution in [0.4, 0.5) is 5.00 Å². The molecule has 3 aromatic rings. The van der Waals surface area contributed by atoms with Crippen LogP contribution in [-0.4, -0.2) is 5.91 Å². The molecule has 1 amide bonds. The lowest BCUT2D eigenvalue weighted by atomic mass is 10.0. The molecule has 0 aliphatic carbocycles. The highest BCUT2D eigenvalue weighted by atomic mass is 32.1. The van der Waals surface area contributed by atoms with E-state index in [2.05, 4.69) is 23.5 Å². The van der Waals surface area contributed by atoms with Gasteiger partial charge in [-0.2, -0.15) is 5.26 Å². The minimum atomic E-state index is -0.191. The summed E-state index contributed by atoms with van der Waals surface area (Å²) in [7, 11) is 0. The van der Waals surface area contributed by atoms with Crippen LogP contribution in [0.25, 0.3) is 0 Å². The van der Waals surface area contributed by atoms with Gasteiger partial charge in [0.2, 0.25) is 0 Å². The van der Waals surface area contributed by atoms with Crippen molar-refractivity contribution < 1.29 is 4.79 Å². The van der Waals surface area contributed by atoms with E-state index in [1.54, 1.807) is 0 Å². The molecule has 0 spiro atoms. The minimum Gasteiger partial charge on any atom is -0.312 e. The Labute approximate surface area is 151 Å². The van der Waals surface area contributed by atoms with Crippen molar-refractivity contribution in [2.45, 2.75) is 20.3 Å². The molecule has 1 aromatic heterocycles. The van der Waals surface area contributed by atoms with Crippen LogP contribution in [0.1, 0.15) is 37.5 Å². The summed E-state index contributed by atoms with van der Waals surface area (Å²) in [4.78, 5) is 13.5. The number of benzene rings is 2. The molecule has 1 N–H and O–H groups in total. The van der Waals surface area contributed by atoms with Crippen LogP contribution in [0.3, 0.4) is 0 Å². The summed E-state index contributed by atoms with van der Waals surface area (Å²) in [5.74, 6) is -0.191. The zero-order valence-corrected chi connectivity index (χ0v) is 15.0. The quantitative estimate of drug-likeness (QED) is 0.716. The van der Waals surface area contributed by atoms with Crippen LogP contribution in [0, 0.1) is 25.2 Å². The van der Waals surface area contributed by atoms with Gasteiger partial charge in [-0.05, 0) is 49.1 Å². The fraction of sp³-hybridized carbons (Fsp3) is 0.143. The molecule has 25 heavy (non-hydrogen) atoms. The number of hydrogen-bond acceptors (Lipinski definition) is 3.